The van der Waals surface area contributed by atoms with Crippen molar-refractivity contribution in [2.45, 2.75) is 25.8 Å². The summed E-state index contributed by atoms with van der Waals surface area (Å²) in [5.41, 5.74) is 2.78. The first kappa shape index (κ1) is 18.6. The highest BCUT2D eigenvalue weighted by Gasteiger charge is 2.37. The van der Waals surface area contributed by atoms with Gasteiger partial charge in [0.1, 0.15) is 6.04 Å². The van der Waals surface area contributed by atoms with E-state index in [1.165, 1.54) is 9.71 Å². The largest absolute Gasteiger partial charge is 0.337 e. The van der Waals surface area contributed by atoms with Gasteiger partial charge in [0.2, 0.25) is 21.7 Å². The van der Waals surface area contributed by atoms with Gasteiger partial charge < -0.3 is 4.52 Å². The molecule has 0 N–H and O–H groups in total. The Labute approximate surface area is 164 Å². The molecule has 0 bridgehead atoms. The van der Waals surface area contributed by atoms with Crippen molar-refractivity contribution < 1.29 is 12.9 Å². The number of benzene rings is 2. The quantitative estimate of drug-likeness (QED) is 0.648. The summed E-state index contributed by atoms with van der Waals surface area (Å²) in [6.07, 6.45) is 3.02. The molecule has 1 saturated heterocycles. The normalized spacial score (nSPS) is 18.1. The van der Waals surface area contributed by atoms with E-state index in [4.69, 9.17) is 4.52 Å². The fraction of sp³-hybridized carbons (Fsp3) is 0.238. The second-order valence-electron chi connectivity index (χ2n) is 6.85. The average molecular weight is 395 g/mol. The Hall–Kier alpha value is -2.77. The second kappa shape index (κ2) is 7.69. The summed E-state index contributed by atoms with van der Waals surface area (Å²) in [6.45, 7) is 2.43. The first-order chi connectivity index (χ1) is 13.5. The van der Waals surface area contributed by atoms with Crippen LogP contribution in [0.25, 0.3) is 17.5 Å². The molecule has 0 saturated carbocycles. The lowest BCUT2D eigenvalue weighted by Gasteiger charge is -2.19. The maximum atomic E-state index is 12.9. The van der Waals surface area contributed by atoms with Gasteiger partial charge in [0.25, 0.3) is 0 Å². The molecular weight excluding hydrogens is 374 g/mol. The zero-order valence-corrected chi connectivity index (χ0v) is 16.3. The summed E-state index contributed by atoms with van der Waals surface area (Å²) >= 11 is 0. The molecule has 3 aromatic rings. The lowest BCUT2D eigenvalue weighted by Crippen LogP contribution is -2.29. The SMILES string of the molecule is Cc1cccc(-c2noc(C3CCCN3S(=O)(=O)C=Cc3ccccc3)n2)c1. The Kier molecular flexibility index (Phi) is 5.11. The van der Waals surface area contributed by atoms with Crippen molar-refractivity contribution in [2.24, 2.45) is 0 Å². The standard InChI is InChI=1S/C21H21N3O3S/c1-16-7-5-10-18(15-16)20-22-21(27-23-20)19-11-6-13-24(19)28(25,26)14-12-17-8-3-2-4-9-17/h2-5,7-10,12,14-15,19H,6,11,13H2,1H3. The Morgan fingerprint density at radius 2 is 1.96 bits per heavy atom. The zero-order valence-electron chi connectivity index (χ0n) is 15.5. The van der Waals surface area contributed by atoms with Crippen LogP contribution in [0.2, 0.25) is 0 Å². The predicted octanol–water partition coefficient (Wildman–Crippen LogP) is 4.18. The molecule has 2 heterocycles. The van der Waals surface area contributed by atoms with Crippen molar-refractivity contribution in [1.29, 1.82) is 0 Å². The lowest BCUT2D eigenvalue weighted by molar-refractivity contribution is 0.292. The Morgan fingerprint density at radius 3 is 2.75 bits per heavy atom. The third-order valence-electron chi connectivity index (χ3n) is 4.77. The van der Waals surface area contributed by atoms with Gasteiger partial charge in [-0.05, 0) is 37.5 Å². The van der Waals surface area contributed by atoms with Gasteiger partial charge in [-0.3, -0.25) is 0 Å². The summed E-state index contributed by atoms with van der Waals surface area (Å²) in [5.74, 6) is 0.813. The van der Waals surface area contributed by atoms with E-state index in [0.717, 1.165) is 23.1 Å². The average Bonchev–Trinajstić information content (AvgIpc) is 3.37. The van der Waals surface area contributed by atoms with Crippen LogP contribution in [0.3, 0.4) is 0 Å². The Morgan fingerprint density at radius 1 is 1.14 bits per heavy atom. The number of nitrogens with zero attached hydrogens (tertiary/aromatic N) is 3. The molecule has 2 aromatic carbocycles. The molecule has 1 aliphatic heterocycles. The summed E-state index contributed by atoms with van der Waals surface area (Å²) in [4.78, 5) is 4.48. The number of hydrogen-bond donors (Lipinski definition) is 0. The molecule has 0 radical (unpaired) electrons. The van der Waals surface area contributed by atoms with Crippen molar-refractivity contribution in [1.82, 2.24) is 14.4 Å². The van der Waals surface area contributed by atoms with Gasteiger partial charge in [-0.15, -0.1) is 0 Å². The molecule has 4 rings (SSSR count). The fourth-order valence-electron chi connectivity index (χ4n) is 3.37. The van der Waals surface area contributed by atoms with Crippen molar-refractivity contribution in [3.63, 3.8) is 0 Å². The number of sulfonamides is 1. The van der Waals surface area contributed by atoms with Crippen molar-refractivity contribution in [2.75, 3.05) is 6.54 Å². The van der Waals surface area contributed by atoms with Gasteiger partial charge in [0.05, 0.1) is 0 Å². The van der Waals surface area contributed by atoms with Crippen LogP contribution in [-0.4, -0.2) is 29.4 Å². The first-order valence-corrected chi connectivity index (χ1v) is 10.7. The van der Waals surface area contributed by atoms with Crippen LogP contribution in [0.5, 0.6) is 0 Å². The molecule has 1 aliphatic rings. The monoisotopic (exact) mass is 395 g/mol. The van der Waals surface area contributed by atoms with E-state index in [-0.39, 0.29) is 0 Å². The van der Waals surface area contributed by atoms with Crippen LogP contribution in [-0.2, 0) is 10.0 Å². The highest BCUT2D eigenvalue weighted by Crippen LogP contribution is 2.34. The molecule has 7 heteroatoms. The Balaban J connectivity index is 1.58. The fourth-order valence-corrected chi connectivity index (χ4v) is 4.79. The maximum Gasteiger partial charge on any atom is 0.245 e. The molecule has 0 spiro atoms. The second-order valence-corrected chi connectivity index (χ2v) is 8.62. The molecule has 6 nitrogen and oxygen atoms in total. The maximum absolute atomic E-state index is 12.9. The summed E-state index contributed by atoms with van der Waals surface area (Å²) in [7, 11) is -3.59. The van der Waals surface area contributed by atoms with Gasteiger partial charge in [0.15, 0.2) is 0 Å². The smallest absolute Gasteiger partial charge is 0.245 e. The number of rotatable bonds is 5. The topological polar surface area (TPSA) is 76.3 Å². The third kappa shape index (κ3) is 3.90. The van der Waals surface area contributed by atoms with Crippen LogP contribution >= 0.6 is 0 Å². The van der Waals surface area contributed by atoms with E-state index in [0.29, 0.717) is 24.7 Å². The minimum Gasteiger partial charge on any atom is -0.337 e. The number of aromatic nitrogens is 2. The van der Waals surface area contributed by atoms with E-state index in [2.05, 4.69) is 10.1 Å². The predicted molar refractivity (Wildman–Crippen MR) is 108 cm³/mol. The van der Waals surface area contributed by atoms with Crippen molar-refractivity contribution in [3.8, 4) is 11.4 Å². The van der Waals surface area contributed by atoms with Gasteiger partial charge in [0, 0.05) is 17.5 Å². The van der Waals surface area contributed by atoms with E-state index >= 15 is 0 Å². The van der Waals surface area contributed by atoms with E-state index < -0.39 is 16.1 Å². The van der Waals surface area contributed by atoms with E-state index in [1.807, 2.05) is 61.5 Å². The van der Waals surface area contributed by atoms with E-state index in [1.54, 1.807) is 6.08 Å². The summed E-state index contributed by atoms with van der Waals surface area (Å²) in [6, 6.07) is 16.7. The van der Waals surface area contributed by atoms with Crippen LogP contribution < -0.4 is 0 Å². The zero-order chi connectivity index (χ0) is 19.6. The van der Waals surface area contributed by atoms with Crippen molar-refractivity contribution >= 4 is 16.1 Å². The van der Waals surface area contributed by atoms with Crippen LogP contribution in [0, 0.1) is 6.92 Å². The summed E-state index contributed by atoms with van der Waals surface area (Å²) in [5, 5.41) is 5.31. The van der Waals surface area contributed by atoms with Gasteiger partial charge in [-0.2, -0.15) is 9.29 Å². The van der Waals surface area contributed by atoms with E-state index in [9.17, 15) is 8.42 Å². The Bertz CT molecular complexity index is 1090. The van der Waals surface area contributed by atoms with Crippen molar-refractivity contribution in [3.05, 3.63) is 77.0 Å². The molecular formula is C21H21N3O3S. The minimum absolute atomic E-state index is 0.339. The molecule has 1 fully saturated rings. The molecule has 1 unspecified atom stereocenters. The molecule has 28 heavy (non-hydrogen) atoms. The lowest BCUT2D eigenvalue weighted by atomic mass is 10.1. The molecule has 0 aliphatic carbocycles. The van der Waals surface area contributed by atoms with Crippen LogP contribution in [0.1, 0.15) is 35.9 Å². The number of hydrogen-bond acceptors (Lipinski definition) is 5. The summed E-state index contributed by atoms with van der Waals surface area (Å²) < 4.78 is 32.6. The molecule has 0 amide bonds. The van der Waals surface area contributed by atoms with Gasteiger partial charge in [-0.25, -0.2) is 8.42 Å². The first-order valence-electron chi connectivity index (χ1n) is 9.18. The number of aryl methyl sites for hydroxylation is 1. The molecule has 1 atom stereocenters. The van der Waals surface area contributed by atoms with Gasteiger partial charge >= 0.3 is 0 Å². The van der Waals surface area contributed by atoms with Crippen LogP contribution in [0.15, 0.2) is 64.5 Å². The highest BCUT2D eigenvalue weighted by atomic mass is 32.2. The third-order valence-corrected chi connectivity index (χ3v) is 6.34. The highest BCUT2D eigenvalue weighted by molar-refractivity contribution is 7.92. The van der Waals surface area contributed by atoms with Gasteiger partial charge in [-0.1, -0.05) is 59.3 Å². The van der Waals surface area contributed by atoms with Crippen LogP contribution in [0.4, 0.5) is 0 Å². The molecule has 1 aromatic heterocycles. The minimum atomic E-state index is -3.59. The molecule has 144 valence electrons.